The first-order valence-electron chi connectivity index (χ1n) is 22.2. The third-order valence-electron chi connectivity index (χ3n) is 13.2. The summed E-state index contributed by atoms with van der Waals surface area (Å²) in [4.78, 5) is 12.2. The lowest BCUT2D eigenvalue weighted by Gasteiger charge is -2.29. The summed E-state index contributed by atoms with van der Waals surface area (Å²) in [5.74, 6) is 2.61. The first-order chi connectivity index (χ1) is 30.5. The van der Waals surface area contributed by atoms with Crippen LogP contribution >= 0.6 is 0 Å². The third kappa shape index (κ3) is 6.66. The molecule has 0 saturated heterocycles. The van der Waals surface area contributed by atoms with Gasteiger partial charge in [0.15, 0.2) is 0 Å². The topological polar surface area (TPSA) is 31.8 Å². The van der Waals surface area contributed by atoms with Crippen molar-refractivity contribution in [1.29, 1.82) is 0 Å². The second-order valence-corrected chi connectivity index (χ2v) is 19.3. The molecule has 0 aliphatic carbocycles. The maximum Gasteiger partial charge on any atom is 0.130 e. The maximum atomic E-state index is 6.80. The molecule has 310 valence electrons. The van der Waals surface area contributed by atoms with E-state index in [-0.39, 0.29) is 22.9 Å². The molecule has 8 aromatic rings. The van der Waals surface area contributed by atoms with Crippen LogP contribution in [0, 0.1) is 0 Å². The van der Waals surface area contributed by atoms with Crippen LogP contribution in [0.15, 0.2) is 182 Å². The normalized spacial score (nSPS) is 16.3. The molecule has 0 saturated carbocycles. The molecule has 5 nitrogen and oxygen atoms in total. The zero-order valence-electron chi connectivity index (χ0n) is 36.9. The smallest absolute Gasteiger partial charge is 0.130 e. The van der Waals surface area contributed by atoms with Gasteiger partial charge in [-0.3, -0.25) is 0 Å². The number of hydrogen-bond acceptors (Lipinski definition) is 5. The molecule has 1 aromatic heterocycles. The highest BCUT2D eigenvalue weighted by molar-refractivity contribution is 5.98. The number of nitrogens with zero attached hydrogens (tertiary/aromatic N) is 4. The van der Waals surface area contributed by atoms with Crippen LogP contribution in [-0.4, -0.2) is 11.7 Å². The zero-order valence-corrected chi connectivity index (χ0v) is 36.9. The predicted molar refractivity (Wildman–Crippen MR) is 260 cm³/mol. The maximum absolute atomic E-state index is 6.80. The van der Waals surface area contributed by atoms with Crippen LogP contribution < -0.4 is 19.4 Å². The molecule has 11 rings (SSSR count). The molecule has 0 N–H and O–H groups in total. The van der Waals surface area contributed by atoms with E-state index in [1.54, 1.807) is 0 Å². The van der Waals surface area contributed by atoms with Gasteiger partial charge in [0.1, 0.15) is 24.0 Å². The van der Waals surface area contributed by atoms with Gasteiger partial charge in [-0.25, -0.2) is 4.98 Å². The summed E-state index contributed by atoms with van der Waals surface area (Å²) in [6, 6.07) is 64.1. The molecule has 2 bridgehead atoms. The summed E-state index contributed by atoms with van der Waals surface area (Å²) in [6.45, 7) is 14.5. The number of rotatable bonds is 7. The van der Waals surface area contributed by atoms with Crippen LogP contribution in [0.2, 0.25) is 0 Å². The van der Waals surface area contributed by atoms with E-state index in [0.29, 0.717) is 6.67 Å². The Hall–Kier alpha value is -7.11. The molecule has 3 aliphatic rings. The summed E-state index contributed by atoms with van der Waals surface area (Å²) < 4.78 is 6.80. The largest absolute Gasteiger partial charge is 0.457 e. The van der Waals surface area contributed by atoms with Gasteiger partial charge in [-0.2, -0.15) is 0 Å². The summed E-state index contributed by atoms with van der Waals surface area (Å²) in [6.07, 6.45) is 1.89. The Bertz CT molecular complexity index is 2990. The van der Waals surface area contributed by atoms with Crippen molar-refractivity contribution in [2.45, 2.75) is 64.5 Å². The number of hydrogen-bond donors (Lipinski definition) is 0. The van der Waals surface area contributed by atoms with Gasteiger partial charge in [-0.15, -0.1) is 0 Å². The van der Waals surface area contributed by atoms with Crippen molar-refractivity contribution in [2.24, 2.45) is 0 Å². The van der Waals surface area contributed by atoms with Gasteiger partial charge >= 0.3 is 0 Å². The second kappa shape index (κ2) is 14.8. The lowest BCUT2D eigenvalue weighted by Crippen LogP contribution is -2.25. The zero-order chi connectivity index (χ0) is 43.0. The van der Waals surface area contributed by atoms with Crippen LogP contribution in [-0.2, 0) is 10.8 Å². The fourth-order valence-electron chi connectivity index (χ4n) is 10.0. The van der Waals surface area contributed by atoms with Crippen LogP contribution in [0.3, 0.4) is 0 Å². The fourth-order valence-corrected chi connectivity index (χ4v) is 10.0. The van der Waals surface area contributed by atoms with Gasteiger partial charge in [0.05, 0.1) is 29.1 Å². The first kappa shape index (κ1) is 38.8. The first-order valence-corrected chi connectivity index (χ1v) is 22.2. The van der Waals surface area contributed by atoms with E-state index in [4.69, 9.17) is 9.72 Å². The van der Waals surface area contributed by atoms with Gasteiger partial charge in [0.25, 0.3) is 0 Å². The van der Waals surface area contributed by atoms with Crippen molar-refractivity contribution in [3.63, 3.8) is 0 Å². The monoisotopic (exact) mass is 820 g/mol. The summed E-state index contributed by atoms with van der Waals surface area (Å²) in [7, 11) is 0. The Morgan fingerprint density at radius 2 is 1.06 bits per heavy atom. The van der Waals surface area contributed by atoms with Crippen LogP contribution in [0.5, 0.6) is 11.5 Å². The summed E-state index contributed by atoms with van der Waals surface area (Å²) >= 11 is 0. The Morgan fingerprint density at radius 1 is 0.476 bits per heavy atom. The highest BCUT2D eigenvalue weighted by Crippen LogP contribution is 2.58. The molecule has 63 heavy (non-hydrogen) atoms. The van der Waals surface area contributed by atoms with Crippen molar-refractivity contribution >= 4 is 28.6 Å². The van der Waals surface area contributed by atoms with E-state index >= 15 is 0 Å². The molecule has 0 fully saturated rings. The van der Waals surface area contributed by atoms with Crippen molar-refractivity contribution in [1.82, 2.24) is 4.98 Å². The van der Waals surface area contributed by atoms with Gasteiger partial charge in [0, 0.05) is 29.1 Å². The third-order valence-corrected chi connectivity index (χ3v) is 13.2. The van der Waals surface area contributed by atoms with Crippen molar-refractivity contribution in [3.05, 3.63) is 216 Å². The van der Waals surface area contributed by atoms with Crippen LogP contribution in [0.1, 0.15) is 87.0 Å². The van der Waals surface area contributed by atoms with Gasteiger partial charge in [-0.05, 0) is 104 Å². The molecule has 2 unspecified atom stereocenters. The number of fused-ring (bicyclic) bond motifs is 9. The SMILES string of the molecule is CC(C)(C)c1cc(-c2cccc(-c3ccccc3)c2N2CN(c3cccc(Oc4ccc5c(c4)C4c6ccccc6C5N4c4ccccn4)c3)c3ccccc32)cc(C(C)(C)C)c1. The molecule has 0 radical (unpaired) electrons. The van der Waals surface area contributed by atoms with Gasteiger partial charge in [0.2, 0.25) is 0 Å². The van der Waals surface area contributed by atoms with Crippen molar-refractivity contribution in [2.75, 3.05) is 21.4 Å². The standard InChI is InChI=1S/C58H52N4O/c1-57(2,3)40-32-39(33-41(34-40)58(4,5)6)46-25-17-24-45(38-18-8-7-9-19-38)54(46)61-37-60(51-26-12-13-27-52(51)61)42-20-16-21-43(35-42)63-44-29-30-49-50(36-44)56-48-23-11-10-22-47(48)55(49)62(56)53-28-14-15-31-59-53/h7-36,55-56H,37H2,1-6H3. The molecule has 3 aliphatic heterocycles. The van der Waals surface area contributed by atoms with E-state index < -0.39 is 0 Å². The number of ether oxygens (including phenoxy) is 1. The Kier molecular flexibility index (Phi) is 9.09. The number of para-hydroxylation sites is 3. The highest BCUT2D eigenvalue weighted by Gasteiger charge is 2.48. The Balaban J connectivity index is 0.969. The van der Waals surface area contributed by atoms with Gasteiger partial charge in [-0.1, -0.05) is 163 Å². The molecule has 0 spiro atoms. The molecular weight excluding hydrogens is 769 g/mol. The lowest BCUT2D eigenvalue weighted by molar-refractivity contribution is 0.482. The minimum absolute atomic E-state index is 0.0117. The van der Waals surface area contributed by atoms with Crippen LogP contribution in [0.4, 0.5) is 28.6 Å². The van der Waals surface area contributed by atoms with Crippen LogP contribution in [0.25, 0.3) is 22.3 Å². The quantitative estimate of drug-likeness (QED) is 0.160. The average molecular weight is 821 g/mol. The summed E-state index contributed by atoms with van der Waals surface area (Å²) in [5, 5.41) is 0. The van der Waals surface area contributed by atoms with Gasteiger partial charge < -0.3 is 19.4 Å². The molecule has 0 amide bonds. The number of benzene rings is 7. The molecule has 4 heterocycles. The molecular formula is C58H52N4O. The lowest BCUT2D eigenvalue weighted by atomic mass is 9.78. The molecule has 2 atom stereocenters. The molecule has 5 heteroatoms. The Morgan fingerprint density at radius 3 is 1.75 bits per heavy atom. The summed E-state index contributed by atoms with van der Waals surface area (Å²) in [5.41, 5.74) is 17.4. The minimum Gasteiger partial charge on any atom is -0.457 e. The van der Waals surface area contributed by atoms with E-state index in [1.807, 2.05) is 12.3 Å². The average Bonchev–Trinajstić information content (AvgIpc) is 3.96. The highest BCUT2D eigenvalue weighted by atomic mass is 16.5. The second-order valence-electron chi connectivity index (χ2n) is 19.3. The Labute approximate surface area is 371 Å². The van der Waals surface area contributed by atoms with Crippen molar-refractivity contribution < 1.29 is 4.74 Å². The number of pyridine rings is 1. The number of anilines is 5. The van der Waals surface area contributed by atoms with E-state index in [2.05, 4.69) is 226 Å². The minimum atomic E-state index is -0.0117. The van der Waals surface area contributed by atoms with Crippen molar-refractivity contribution in [3.8, 4) is 33.8 Å². The number of aromatic nitrogens is 1. The van der Waals surface area contributed by atoms with E-state index in [0.717, 1.165) is 28.7 Å². The van der Waals surface area contributed by atoms with E-state index in [1.165, 1.54) is 67.0 Å². The van der Waals surface area contributed by atoms with E-state index in [9.17, 15) is 0 Å². The molecule has 7 aromatic carbocycles. The predicted octanol–water partition coefficient (Wildman–Crippen LogP) is 15.1. The fraction of sp³-hybridized carbons (Fsp3) is 0.190.